The molecule has 24 heavy (non-hydrogen) atoms. The smallest absolute Gasteiger partial charge is 0.506 e. The molecule has 1 heterocycles. The number of aryl methyl sites for hydroxylation is 1. The van der Waals surface area contributed by atoms with Gasteiger partial charge in [-0.3, -0.25) is 4.98 Å². The summed E-state index contributed by atoms with van der Waals surface area (Å²) in [7, 11) is -3.28. The van der Waals surface area contributed by atoms with Crippen molar-refractivity contribution >= 4 is 8.25 Å². The van der Waals surface area contributed by atoms with Crippen LogP contribution in [0.4, 0.5) is 4.39 Å². The van der Waals surface area contributed by atoms with Crippen LogP contribution in [0.15, 0.2) is 0 Å². The predicted octanol–water partition coefficient (Wildman–Crippen LogP) is 3.72. The number of alkyl halides is 1. The maximum atomic E-state index is 16.0. The summed E-state index contributed by atoms with van der Waals surface area (Å²) in [4.78, 5) is 13.5. The molecule has 0 saturated heterocycles. The molecule has 0 radical (unpaired) electrons. The number of aliphatic hydroxyl groups is 1. The fourth-order valence-corrected chi connectivity index (χ4v) is 3.04. The van der Waals surface area contributed by atoms with Crippen molar-refractivity contribution in [3.8, 4) is 5.75 Å². The van der Waals surface area contributed by atoms with Gasteiger partial charge in [0.1, 0.15) is 5.75 Å². The Morgan fingerprint density at radius 3 is 2.04 bits per heavy atom. The molecule has 1 aromatic rings. The molecule has 0 aliphatic carbocycles. The summed E-state index contributed by atoms with van der Waals surface area (Å²) in [6.07, 6.45) is 0. The maximum Gasteiger partial charge on any atom is 0.698 e. The van der Waals surface area contributed by atoms with E-state index in [0.717, 1.165) is 0 Å². The molecule has 136 valence electrons. The zero-order valence-electron chi connectivity index (χ0n) is 15.1. The fraction of sp³-hybridized carbons (Fsp3) is 0.688. The van der Waals surface area contributed by atoms with Gasteiger partial charge in [-0.15, -0.1) is 4.89 Å². The third-order valence-electron chi connectivity index (χ3n) is 3.81. The summed E-state index contributed by atoms with van der Waals surface area (Å²) >= 11 is 0. The number of aromatic nitrogens is 1. The normalized spacial score (nSPS) is 16.0. The molecule has 0 bridgehead atoms. The Morgan fingerprint density at radius 1 is 1.21 bits per heavy atom. The van der Waals surface area contributed by atoms with E-state index in [1.807, 2.05) is 0 Å². The third kappa shape index (κ3) is 3.75. The molecular weight excluding hydrogens is 336 g/mol. The second-order valence-corrected chi connectivity index (χ2v) is 8.49. The van der Waals surface area contributed by atoms with Crippen LogP contribution >= 0.6 is 8.25 Å². The molecule has 0 aliphatic rings. The minimum atomic E-state index is -3.28. The summed E-state index contributed by atoms with van der Waals surface area (Å²) in [6, 6.07) is 0. The van der Waals surface area contributed by atoms with E-state index >= 15 is 4.39 Å². The second-order valence-electron chi connectivity index (χ2n) is 7.83. The molecule has 2 atom stereocenters. The van der Waals surface area contributed by atoms with Gasteiger partial charge in [0.25, 0.3) is 5.85 Å². The van der Waals surface area contributed by atoms with Crippen molar-refractivity contribution in [3.05, 3.63) is 22.5 Å². The first kappa shape index (κ1) is 20.9. The van der Waals surface area contributed by atoms with Gasteiger partial charge in [-0.1, -0.05) is 46.1 Å². The van der Waals surface area contributed by atoms with Gasteiger partial charge in [0, 0.05) is 21.0 Å². The van der Waals surface area contributed by atoms with E-state index in [9.17, 15) is 19.7 Å². The Hall–Kier alpha value is -1.14. The lowest BCUT2D eigenvalue weighted by Gasteiger charge is -2.37. The van der Waals surface area contributed by atoms with Gasteiger partial charge in [0.15, 0.2) is 0 Å². The zero-order chi connectivity index (χ0) is 19.1. The first-order valence-corrected chi connectivity index (χ1v) is 8.68. The molecule has 1 aromatic heterocycles. The molecule has 0 aromatic carbocycles. The molecule has 0 aliphatic heterocycles. The molecule has 0 spiro atoms. The van der Waals surface area contributed by atoms with Crippen LogP contribution in [0.25, 0.3) is 0 Å². The quantitative estimate of drug-likeness (QED) is 0.706. The van der Waals surface area contributed by atoms with Crippen molar-refractivity contribution in [3.63, 3.8) is 0 Å². The number of hydrogen-bond acceptors (Lipinski definition) is 5. The maximum absolute atomic E-state index is 16.0. The van der Waals surface area contributed by atoms with Crippen LogP contribution in [0.3, 0.4) is 0 Å². The topological polar surface area (TPSA) is 99.9 Å². The monoisotopic (exact) mass is 362 g/mol. The molecular formula is C16H26FNO5P+. The zero-order valence-corrected chi connectivity index (χ0v) is 16.0. The SMILES string of the molecule is Cc1nc(C(C)(C)C)c(C(F)(O[P+](=O)O)C(C)(C)C)c(CO)c1O. The Balaban J connectivity index is 4.01. The Morgan fingerprint density at radius 2 is 1.71 bits per heavy atom. The second kappa shape index (κ2) is 6.64. The van der Waals surface area contributed by atoms with Gasteiger partial charge in [0.05, 0.1) is 23.6 Å². The molecule has 6 nitrogen and oxygen atoms in total. The van der Waals surface area contributed by atoms with E-state index in [0.29, 0.717) is 0 Å². The van der Waals surface area contributed by atoms with E-state index in [1.165, 1.54) is 27.7 Å². The summed E-state index contributed by atoms with van der Waals surface area (Å²) in [5, 5.41) is 20.0. The van der Waals surface area contributed by atoms with Gasteiger partial charge in [0.2, 0.25) is 0 Å². The Bertz CT molecular complexity index is 651. The van der Waals surface area contributed by atoms with Gasteiger partial charge < -0.3 is 10.2 Å². The van der Waals surface area contributed by atoms with Crippen LogP contribution in [0, 0.1) is 12.3 Å². The van der Waals surface area contributed by atoms with E-state index in [2.05, 4.69) is 4.98 Å². The summed E-state index contributed by atoms with van der Waals surface area (Å²) in [5.41, 5.74) is -1.75. The van der Waals surface area contributed by atoms with Gasteiger partial charge >= 0.3 is 8.25 Å². The van der Waals surface area contributed by atoms with Crippen LogP contribution in [0.1, 0.15) is 64.1 Å². The highest BCUT2D eigenvalue weighted by molar-refractivity contribution is 7.32. The molecule has 0 saturated carbocycles. The summed E-state index contributed by atoms with van der Waals surface area (Å²) in [6.45, 7) is 10.7. The predicted molar refractivity (Wildman–Crippen MR) is 88.4 cm³/mol. The summed E-state index contributed by atoms with van der Waals surface area (Å²) < 4.78 is 32.1. The van der Waals surface area contributed by atoms with Crippen molar-refractivity contribution in [1.29, 1.82) is 0 Å². The molecule has 0 amide bonds. The third-order valence-corrected chi connectivity index (χ3v) is 4.21. The van der Waals surface area contributed by atoms with E-state index in [4.69, 9.17) is 4.52 Å². The van der Waals surface area contributed by atoms with Gasteiger partial charge in [-0.25, -0.2) is 4.39 Å². The molecule has 8 heteroatoms. The van der Waals surface area contributed by atoms with Crippen LogP contribution < -0.4 is 0 Å². The summed E-state index contributed by atoms with van der Waals surface area (Å²) in [5.74, 6) is -3.10. The number of halogens is 1. The average molecular weight is 362 g/mol. The number of rotatable bonds is 4. The van der Waals surface area contributed by atoms with Crippen molar-refractivity contribution in [2.24, 2.45) is 5.41 Å². The molecule has 2 unspecified atom stereocenters. The Kier molecular flexibility index (Phi) is 5.78. The largest absolute Gasteiger partial charge is 0.698 e. The first-order valence-electron chi connectivity index (χ1n) is 7.55. The standard InChI is InChI=1S/C16H25FNO5P/c1-9-12(20)10(8-19)11(13(18-9)14(2,3)4)16(17,15(5,6)7)23-24(21)22/h19H,8H2,1-7H3,(H-,20,21,22)/p+1. The van der Waals surface area contributed by atoms with Crippen molar-refractivity contribution in [2.45, 2.75) is 66.3 Å². The van der Waals surface area contributed by atoms with E-state index < -0.39 is 31.5 Å². The van der Waals surface area contributed by atoms with Crippen molar-refractivity contribution in [1.82, 2.24) is 4.98 Å². The fourth-order valence-electron chi connectivity index (χ4n) is 2.46. The lowest BCUT2D eigenvalue weighted by atomic mass is 9.75. The number of aromatic hydroxyl groups is 1. The minimum absolute atomic E-state index is 0.0956. The van der Waals surface area contributed by atoms with E-state index in [-0.39, 0.29) is 28.3 Å². The lowest BCUT2D eigenvalue weighted by molar-refractivity contribution is -0.156. The molecule has 1 rings (SSSR count). The lowest BCUT2D eigenvalue weighted by Crippen LogP contribution is -2.40. The van der Waals surface area contributed by atoms with Crippen LogP contribution in [0.5, 0.6) is 5.75 Å². The number of pyridine rings is 1. The highest BCUT2D eigenvalue weighted by atomic mass is 31.1. The number of hydrogen-bond donors (Lipinski definition) is 3. The highest BCUT2D eigenvalue weighted by Gasteiger charge is 2.56. The highest BCUT2D eigenvalue weighted by Crippen LogP contribution is 2.53. The molecule has 0 fully saturated rings. The Labute approximate surface area is 142 Å². The first-order chi connectivity index (χ1) is 10.7. The van der Waals surface area contributed by atoms with Gasteiger partial charge in [-0.05, 0) is 6.92 Å². The van der Waals surface area contributed by atoms with Crippen molar-refractivity contribution in [2.75, 3.05) is 0 Å². The number of aliphatic hydroxyl groups excluding tert-OH is 1. The van der Waals surface area contributed by atoms with E-state index in [1.54, 1.807) is 20.8 Å². The van der Waals surface area contributed by atoms with Crippen LogP contribution in [0.2, 0.25) is 0 Å². The molecule has 3 N–H and O–H groups in total. The van der Waals surface area contributed by atoms with Gasteiger partial charge in [-0.2, -0.15) is 0 Å². The minimum Gasteiger partial charge on any atom is -0.506 e. The number of nitrogens with zero attached hydrogens (tertiary/aromatic N) is 1. The van der Waals surface area contributed by atoms with Crippen molar-refractivity contribution < 1.29 is 28.6 Å². The van der Waals surface area contributed by atoms with Crippen LogP contribution in [-0.2, 0) is 27.0 Å². The van der Waals surface area contributed by atoms with Crippen LogP contribution in [-0.4, -0.2) is 20.1 Å². The average Bonchev–Trinajstić information content (AvgIpc) is 2.37.